The van der Waals surface area contributed by atoms with Gasteiger partial charge in [0.1, 0.15) is 24.3 Å². The number of aromatic nitrogens is 1. The first-order valence-electron chi connectivity index (χ1n) is 6.51. The first-order chi connectivity index (χ1) is 10.5. The maximum atomic E-state index is 12.9. The van der Waals surface area contributed by atoms with Crippen molar-refractivity contribution in [3.05, 3.63) is 59.9 Å². The number of rotatable bonds is 6. The quantitative estimate of drug-likeness (QED) is 0.794. The molecule has 2 rings (SSSR count). The Kier molecular flexibility index (Phi) is 5.37. The Balaban J connectivity index is 1.76. The lowest BCUT2D eigenvalue weighted by atomic mass is 10.2. The van der Waals surface area contributed by atoms with Gasteiger partial charge in [-0.15, -0.1) is 0 Å². The fraction of sp³-hybridized carbons (Fsp3) is 0.200. The summed E-state index contributed by atoms with van der Waals surface area (Å²) in [6, 6.07) is 7.69. The molecule has 0 spiro atoms. The van der Waals surface area contributed by atoms with E-state index in [0.29, 0.717) is 5.75 Å². The number of carbonyl (C=O) groups is 1. The molecule has 116 valence electrons. The fourth-order valence-corrected chi connectivity index (χ4v) is 1.64. The molecule has 0 saturated heterocycles. The molecule has 0 fully saturated rings. The van der Waals surface area contributed by atoms with Gasteiger partial charge in [-0.25, -0.2) is 9.37 Å². The van der Waals surface area contributed by atoms with Gasteiger partial charge in [0.25, 0.3) is 5.91 Å². The Morgan fingerprint density at radius 3 is 2.68 bits per heavy atom. The molecular weight excluding hydrogens is 294 g/mol. The van der Waals surface area contributed by atoms with Crippen molar-refractivity contribution < 1.29 is 23.4 Å². The minimum Gasteiger partial charge on any atom is -0.491 e. The normalized spacial score (nSPS) is 11.8. The zero-order valence-electron chi connectivity index (χ0n) is 11.5. The van der Waals surface area contributed by atoms with Crippen LogP contribution in [0.25, 0.3) is 0 Å². The van der Waals surface area contributed by atoms with Gasteiger partial charge >= 0.3 is 0 Å². The number of pyridine rings is 1. The molecule has 2 N–H and O–H groups in total. The standard InChI is InChI=1S/C15H14F2N2O3/c16-11-1-3-13(4-2-11)22-9-12(20)8-19-15(21)10-5-6-18-14(17)7-10/h1-7,12,20H,8-9H2,(H,19,21). The van der Waals surface area contributed by atoms with Crippen LogP contribution in [0, 0.1) is 11.8 Å². The number of aliphatic hydroxyl groups excluding tert-OH is 1. The molecule has 0 aliphatic rings. The summed E-state index contributed by atoms with van der Waals surface area (Å²) in [5.41, 5.74) is 0.110. The summed E-state index contributed by atoms with van der Waals surface area (Å²) in [5.74, 6) is -1.26. The van der Waals surface area contributed by atoms with Crippen LogP contribution in [0.3, 0.4) is 0 Å². The molecule has 2 aromatic rings. The number of halogens is 2. The van der Waals surface area contributed by atoms with Gasteiger partial charge < -0.3 is 15.2 Å². The largest absolute Gasteiger partial charge is 0.491 e. The van der Waals surface area contributed by atoms with Gasteiger partial charge in [0.05, 0.1) is 0 Å². The van der Waals surface area contributed by atoms with Crippen LogP contribution in [-0.2, 0) is 0 Å². The fourth-order valence-electron chi connectivity index (χ4n) is 1.64. The molecule has 0 saturated carbocycles. The van der Waals surface area contributed by atoms with E-state index in [0.717, 1.165) is 6.07 Å². The Bertz CT molecular complexity index is 635. The first kappa shape index (κ1) is 15.8. The van der Waals surface area contributed by atoms with Crippen molar-refractivity contribution in [3.63, 3.8) is 0 Å². The maximum Gasteiger partial charge on any atom is 0.251 e. The topological polar surface area (TPSA) is 71.5 Å². The maximum absolute atomic E-state index is 12.9. The second-order valence-corrected chi connectivity index (χ2v) is 4.50. The molecule has 1 aromatic heterocycles. The smallest absolute Gasteiger partial charge is 0.251 e. The highest BCUT2D eigenvalue weighted by atomic mass is 19.1. The predicted molar refractivity (Wildman–Crippen MR) is 74.4 cm³/mol. The van der Waals surface area contributed by atoms with E-state index in [-0.39, 0.29) is 24.5 Å². The Morgan fingerprint density at radius 1 is 1.27 bits per heavy atom. The van der Waals surface area contributed by atoms with Crippen LogP contribution in [0.2, 0.25) is 0 Å². The van der Waals surface area contributed by atoms with Crippen molar-refractivity contribution in [1.29, 1.82) is 0 Å². The van der Waals surface area contributed by atoms with Crippen LogP contribution >= 0.6 is 0 Å². The van der Waals surface area contributed by atoms with Crippen molar-refractivity contribution in [2.75, 3.05) is 13.2 Å². The molecule has 1 amide bonds. The number of carbonyl (C=O) groups excluding carboxylic acids is 1. The zero-order chi connectivity index (χ0) is 15.9. The monoisotopic (exact) mass is 308 g/mol. The summed E-state index contributed by atoms with van der Waals surface area (Å²) >= 11 is 0. The van der Waals surface area contributed by atoms with Crippen LogP contribution in [0.15, 0.2) is 42.6 Å². The molecule has 1 atom stereocenters. The summed E-state index contributed by atoms with van der Waals surface area (Å²) in [4.78, 5) is 15.1. The van der Waals surface area contributed by atoms with E-state index in [1.807, 2.05) is 0 Å². The molecule has 1 unspecified atom stereocenters. The van der Waals surface area contributed by atoms with E-state index in [1.165, 1.54) is 36.5 Å². The molecule has 0 aliphatic carbocycles. The molecule has 0 aliphatic heterocycles. The summed E-state index contributed by atoms with van der Waals surface area (Å²) in [7, 11) is 0. The van der Waals surface area contributed by atoms with Gasteiger partial charge in [0.15, 0.2) is 0 Å². The second-order valence-electron chi connectivity index (χ2n) is 4.50. The summed E-state index contributed by atoms with van der Waals surface area (Å²) in [5, 5.41) is 12.2. The van der Waals surface area contributed by atoms with Gasteiger partial charge in [-0.3, -0.25) is 4.79 Å². The highest BCUT2D eigenvalue weighted by molar-refractivity contribution is 5.93. The zero-order valence-corrected chi connectivity index (χ0v) is 11.5. The Morgan fingerprint density at radius 2 is 2.00 bits per heavy atom. The summed E-state index contributed by atoms with van der Waals surface area (Å²) in [6.07, 6.45) is 0.221. The lowest BCUT2D eigenvalue weighted by Crippen LogP contribution is -2.35. The van der Waals surface area contributed by atoms with Crippen molar-refractivity contribution in [1.82, 2.24) is 10.3 Å². The third kappa shape index (κ3) is 4.78. The lowest BCUT2D eigenvalue weighted by molar-refractivity contribution is 0.0843. The molecular formula is C15H14F2N2O3. The van der Waals surface area contributed by atoms with E-state index in [2.05, 4.69) is 10.3 Å². The van der Waals surface area contributed by atoms with Crippen LogP contribution in [-0.4, -0.2) is 35.3 Å². The molecule has 0 bridgehead atoms. The number of hydrogen-bond acceptors (Lipinski definition) is 4. The average molecular weight is 308 g/mol. The predicted octanol–water partition coefficient (Wildman–Crippen LogP) is 1.53. The van der Waals surface area contributed by atoms with Gasteiger partial charge in [-0.1, -0.05) is 0 Å². The number of benzene rings is 1. The molecule has 7 heteroatoms. The first-order valence-corrected chi connectivity index (χ1v) is 6.51. The second kappa shape index (κ2) is 7.46. The highest BCUT2D eigenvalue weighted by Gasteiger charge is 2.10. The number of amides is 1. The third-order valence-corrected chi connectivity index (χ3v) is 2.74. The van der Waals surface area contributed by atoms with E-state index >= 15 is 0 Å². The summed E-state index contributed by atoms with van der Waals surface area (Å²) in [6.45, 7) is -0.138. The lowest BCUT2D eigenvalue weighted by Gasteiger charge is -2.13. The number of aliphatic hydroxyl groups is 1. The van der Waals surface area contributed by atoms with E-state index in [4.69, 9.17) is 4.74 Å². The van der Waals surface area contributed by atoms with E-state index in [1.54, 1.807) is 0 Å². The van der Waals surface area contributed by atoms with Crippen molar-refractivity contribution in [2.24, 2.45) is 0 Å². The van der Waals surface area contributed by atoms with E-state index < -0.39 is 18.0 Å². The minimum absolute atomic E-state index is 0.0655. The van der Waals surface area contributed by atoms with Crippen LogP contribution in [0.5, 0.6) is 5.75 Å². The molecule has 0 radical (unpaired) electrons. The van der Waals surface area contributed by atoms with Crippen molar-refractivity contribution >= 4 is 5.91 Å². The van der Waals surface area contributed by atoms with Gasteiger partial charge in [-0.05, 0) is 30.3 Å². The molecule has 22 heavy (non-hydrogen) atoms. The number of hydrogen-bond donors (Lipinski definition) is 2. The van der Waals surface area contributed by atoms with Crippen LogP contribution < -0.4 is 10.1 Å². The molecule has 5 nitrogen and oxygen atoms in total. The number of nitrogens with one attached hydrogen (secondary N) is 1. The number of nitrogens with zero attached hydrogens (tertiary/aromatic N) is 1. The molecule has 1 heterocycles. The van der Waals surface area contributed by atoms with Gasteiger partial charge in [-0.2, -0.15) is 4.39 Å². The van der Waals surface area contributed by atoms with Crippen LogP contribution in [0.4, 0.5) is 8.78 Å². The Hall–Kier alpha value is -2.54. The van der Waals surface area contributed by atoms with E-state index in [9.17, 15) is 18.7 Å². The van der Waals surface area contributed by atoms with Crippen molar-refractivity contribution in [2.45, 2.75) is 6.10 Å². The third-order valence-electron chi connectivity index (χ3n) is 2.74. The number of ether oxygens (including phenoxy) is 1. The Labute approximate surface area is 125 Å². The van der Waals surface area contributed by atoms with Crippen molar-refractivity contribution in [3.8, 4) is 5.75 Å². The van der Waals surface area contributed by atoms with Crippen LogP contribution in [0.1, 0.15) is 10.4 Å². The SMILES string of the molecule is O=C(NCC(O)COc1ccc(F)cc1)c1ccnc(F)c1. The molecule has 1 aromatic carbocycles. The minimum atomic E-state index is -0.958. The van der Waals surface area contributed by atoms with Gasteiger partial charge in [0.2, 0.25) is 5.95 Å². The average Bonchev–Trinajstić information content (AvgIpc) is 2.52. The highest BCUT2D eigenvalue weighted by Crippen LogP contribution is 2.11. The summed E-state index contributed by atoms with van der Waals surface area (Å²) < 4.78 is 30.8. The van der Waals surface area contributed by atoms with Gasteiger partial charge in [0, 0.05) is 24.4 Å².